The van der Waals surface area contributed by atoms with Gasteiger partial charge in [-0.15, -0.1) is 0 Å². The number of benzene rings is 1. The SMILES string of the molecule is Cc1cc(F)cc(NC(=O)c2n[nH]c(C(C)C)c2N)c1. The Kier molecular flexibility index (Phi) is 3.74. The Morgan fingerprint density at radius 3 is 2.65 bits per heavy atom. The highest BCUT2D eigenvalue weighted by atomic mass is 19.1. The van der Waals surface area contributed by atoms with E-state index in [4.69, 9.17) is 5.73 Å². The molecule has 0 aliphatic carbocycles. The van der Waals surface area contributed by atoms with E-state index in [0.717, 1.165) is 5.56 Å². The molecule has 1 aromatic heterocycles. The topological polar surface area (TPSA) is 83.8 Å². The molecule has 0 unspecified atom stereocenters. The third-order valence-corrected chi connectivity index (χ3v) is 2.93. The number of aromatic amines is 1. The monoisotopic (exact) mass is 276 g/mol. The van der Waals surface area contributed by atoms with Crippen LogP contribution in [0.25, 0.3) is 0 Å². The summed E-state index contributed by atoms with van der Waals surface area (Å²) in [4.78, 5) is 12.1. The molecule has 0 bridgehead atoms. The first-order valence-electron chi connectivity index (χ1n) is 6.30. The van der Waals surface area contributed by atoms with Crippen molar-refractivity contribution >= 4 is 17.3 Å². The average molecular weight is 276 g/mol. The second kappa shape index (κ2) is 5.32. The minimum atomic E-state index is -0.462. The zero-order chi connectivity index (χ0) is 14.9. The molecule has 20 heavy (non-hydrogen) atoms. The first kappa shape index (κ1) is 14.0. The highest BCUT2D eigenvalue weighted by Crippen LogP contribution is 2.23. The lowest BCUT2D eigenvalue weighted by atomic mass is 10.1. The molecule has 1 amide bonds. The number of hydrogen-bond donors (Lipinski definition) is 3. The maximum absolute atomic E-state index is 13.3. The lowest BCUT2D eigenvalue weighted by molar-refractivity contribution is 0.102. The van der Waals surface area contributed by atoms with Crippen molar-refractivity contribution < 1.29 is 9.18 Å². The van der Waals surface area contributed by atoms with Crippen molar-refractivity contribution in [2.45, 2.75) is 26.7 Å². The van der Waals surface area contributed by atoms with Gasteiger partial charge in [-0.3, -0.25) is 9.89 Å². The Balaban J connectivity index is 2.24. The number of rotatable bonds is 3. The maximum Gasteiger partial charge on any atom is 0.278 e. The molecule has 0 aliphatic rings. The molecule has 0 saturated carbocycles. The van der Waals surface area contributed by atoms with Gasteiger partial charge in [0.05, 0.1) is 11.4 Å². The number of carbonyl (C=O) groups is 1. The number of aryl methyl sites for hydroxylation is 1. The van der Waals surface area contributed by atoms with E-state index >= 15 is 0 Å². The Morgan fingerprint density at radius 2 is 2.10 bits per heavy atom. The Bertz CT molecular complexity index is 628. The van der Waals surface area contributed by atoms with Gasteiger partial charge < -0.3 is 11.1 Å². The molecule has 2 aromatic rings. The molecule has 2 rings (SSSR count). The van der Waals surface area contributed by atoms with Gasteiger partial charge in [0.1, 0.15) is 5.82 Å². The molecule has 0 fully saturated rings. The summed E-state index contributed by atoms with van der Waals surface area (Å²) in [7, 11) is 0. The normalized spacial score (nSPS) is 10.8. The predicted molar refractivity (Wildman–Crippen MR) is 76.2 cm³/mol. The molecule has 1 aromatic carbocycles. The van der Waals surface area contributed by atoms with Crippen molar-refractivity contribution in [2.75, 3.05) is 11.1 Å². The second-order valence-electron chi connectivity index (χ2n) is 5.03. The molecule has 0 saturated heterocycles. The summed E-state index contributed by atoms with van der Waals surface area (Å²) in [5, 5.41) is 9.27. The van der Waals surface area contributed by atoms with Gasteiger partial charge in [-0.25, -0.2) is 4.39 Å². The second-order valence-corrected chi connectivity index (χ2v) is 5.03. The molecule has 0 radical (unpaired) electrons. The van der Waals surface area contributed by atoms with Gasteiger partial charge >= 0.3 is 0 Å². The molecular weight excluding hydrogens is 259 g/mol. The summed E-state index contributed by atoms with van der Waals surface area (Å²) in [6, 6.07) is 4.31. The van der Waals surface area contributed by atoms with Crippen molar-refractivity contribution in [3.05, 3.63) is 41.0 Å². The lowest BCUT2D eigenvalue weighted by Crippen LogP contribution is -2.14. The standard InChI is InChI=1S/C14H17FN4O/c1-7(2)12-11(16)13(19-18-12)14(20)17-10-5-8(3)4-9(15)6-10/h4-7H,16H2,1-3H3,(H,17,20)(H,18,19). The highest BCUT2D eigenvalue weighted by Gasteiger charge is 2.19. The van der Waals surface area contributed by atoms with Crippen LogP contribution in [-0.4, -0.2) is 16.1 Å². The number of halogens is 1. The van der Waals surface area contributed by atoms with Crippen molar-refractivity contribution in [3.8, 4) is 0 Å². The van der Waals surface area contributed by atoms with E-state index in [1.165, 1.54) is 12.1 Å². The minimum absolute atomic E-state index is 0.121. The van der Waals surface area contributed by atoms with Gasteiger partial charge in [-0.2, -0.15) is 5.10 Å². The molecule has 4 N–H and O–H groups in total. The van der Waals surface area contributed by atoms with Crippen molar-refractivity contribution in [2.24, 2.45) is 0 Å². The fourth-order valence-electron chi connectivity index (χ4n) is 1.98. The fourth-order valence-corrected chi connectivity index (χ4v) is 1.98. The molecule has 106 valence electrons. The number of amides is 1. The van der Waals surface area contributed by atoms with E-state index in [9.17, 15) is 9.18 Å². The quantitative estimate of drug-likeness (QED) is 0.806. The van der Waals surface area contributed by atoms with Crippen LogP contribution in [0.1, 0.15) is 41.5 Å². The van der Waals surface area contributed by atoms with Crippen molar-refractivity contribution in [3.63, 3.8) is 0 Å². The third-order valence-electron chi connectivity index (χ3n) is 2.93. The van der Waals surface area contributed by atoms with Gasteiger partial charge in [0.25, 0.3) is 5.91 Å². The molecule has 0 aliphatic heterocycles. The van der Waals surface area contributed by atoms with E-state index in [1.807, 2.05) is 13.8 Å². The number of carbonyl (C=O) groups excluding carboxylic acids is 1. The maximum atomic E-state index is 13.3. The summed E-state index contributed by atoms with van der Waals surface area (Å²) in [5.41, 5.74) is 8.15. The summed E-state index contributed by atoms with van der Waals surface area (Å²) in [6.07, 6.45) is 0. The van der Waals surface area contributed by atoms with Crippen LogP contribution < -0.4 is 11.1 Å². The Hall–Kier alpha value is -2.37. The lowest BCUT2D eigenvalue weighted by Gasteiger charge is -2.06. The number of nitrogens with zero attached hydrogens (tertiary/aromatic N) is 1. The van der Waals surface area contributed by atoms with Gasteiger partial charge in [0, 0.05) is 5.69 Å². The van der Waals surface area contributed by atoms with Crippen LogP contribution in [-0.2, 0) is 0 Å². The van der Waals surface area contributed by atoms with Gasteiger partial charge in [-0.05, 0) is 36.6 Å². The van der Waals surface area contributed by atoms with Crippen molar-refractivity contribution in [1.29, 1.82) is 0 Å². The molecule has 1 heterocycles. The number of H-pyrrole nitrogens is 1. The fraction of sp³-hybridized carbons (Fsp3) is 0.286. The smallest absolute Gasteiger partial charge is 0.278 e. The summed E-state index contributed by atoms with van der Waals surface area (Å²) in [6.45, 7) is 5.64. The van der Waals surface area contributed by atoms with E-state index in [-0.39, 0.29) is 11.6 Å². The van der Waals surface area contributed by atoms with E-state index in [2.05, 4.69) is 15.5 Å². The Labute approximate surface area is 116 Å². The first-order valence-corrected chi connectivity index (χ1v) is 6.30. The van der Waals surface area contributed by atoms with Crippen LogP contribution >= 0.6 is 0 Å². The summed E-state index contributed by atoms with van der Waals surface area (Å²) in [5.74, 6) is -0.728. The van der Waals surface area contributed by atoms with Gasteiger partial charge in [-0.1, -0.05) is 13.8 Å². The zero-order valence-electron chi connectivity index (χ0n) is 11.6. The van der Waals surface area contributed by atoms with Crippen LogP contribution in [0.4, 0.5) is 15.8 Å². The van der Waals surface area contributed by atoms with Crippen molar-refractivity contribution in [1.82, 2.24) is 10.2 Å². The Morgan fingerprint density at radius 1 is 1.40 bits per heavy atom. The van der Waals surface area contributed by atoms with Crippen LogP contribution in [0.3, 0.4) is 0 Å². The molecule has 0 spiro atoms. The number of nitrogens with two attached hydrogens (primary N) is 1. The molecule has 6 heteroatoms. The van der Waals surface area contributed by atoms with E-state index < -0.39 is 11.7 Å². The number of nitrogens with one attached hydrogen (secondary N) is 2. The molecular formula is C14H17FN4O. The first-order chi connectivity index (χ1) is 9.38. The average Bonchev–Trinajstić information content (AvgIpc) is 2.69. The van der Waals surface area contributed by atoms with Crippen LogP contribution in [0.5, 0.6) is 0 Å². The third kappa shape index (κ3) is 2.79. The minimum Gasteiger partial charge on any atom is -0.395 e. The number of hydrogen-bond acceptors (Lipinski definition) is 3. The number of aromatic nitrogens is 2. The largest absolute Gasteiger partial charge is 0.395 e. The molecule has 5 nitrogen and oxygen atoms in total. The summed E-state index contributed by atoms with van der Waals surface area (Å²) >= 11 is 0. The van der Waals surface area contributed by atoms with Crippen LogP contribution in [0, 0.1) is 12.7 Å². The number of anilines is 2. The van der Waals surface area contributed by atoms with Crippen LogP contribution in [0.2, 0.25) is 0 Å². The zero-order valence-corrected chi connectivity index (χ0v) is 11.6. The van der Waals surface area contributed by atoms with Gasteiger partial charge in [0.2, 0.25) is 0 Å². The number of nitrogen functional groups attached to an aromatic ring is 1. The highest BCUT2D eigenvalue weighted by molar-refractivity contribution is 6.06. The van der Waals surface area contributed by atoms with Crippen LogP contribution in [0.15, 0.2) is 18.2 Å². The van der Waals surface area contributed by atoms with E-state index in [0.29, 0.717) is 17.1 Å². The predicted octanol–water partition coefficient (Wildman–Crippen LogP) is 2.82. The van der Waals surface area contributed by atoms with E-state index in [1.54, 1.807) is 13.0 Å². The molecule has 0 atom stereocenters. The summed E-state index contributed by atoms with van der Waals surface area (Å²) < 4.78 is 13.3. The van der Waals surface area contributed by atoms with Gasteiger partial charge in [0.15, 0.2) is 5.69 Å².